The van der Waals surface area contributed by atoms with Gasteiger partial charge >= 0.3 is 0 Å². The Labute approximate surface area is 271 Å². The summed E-state index contributed by atoms with van der Waals surface area (Å²) in [6.07, 6.45) is 13.3. The number of ether oxygens (including phenoxy) is 1. The second-order valence-electron chi connectivity index (χ2n) is 12.0. The van der Waals surface area contributed by atoms with E-state index < -0.39 is 0 Å². The third-order valence-electron chi connectivity index (χ3n) is 9.18. The second kappa shape index (κ2) is 11.9. The van der Waals surface area contributed by atoms with E-state index in [9.17, 15) is 0 Å². The summed E-state index contributed by atoms with van der Waals surface area (Å²) in [6.45, 7) is 0.781. The van der Waals surface area contributed by atoms with Gasteiger partial charge in [-0.25, -0.2) is 0 Å². The van der Waals surface area contributed by atoms with Gasteiger partial charge in [-0.15, -0.1) is 6.42 Å². The zero-order chi connectivity index (χ0) is 30.9. The average molecular weight is 589 g/mol. The highest BCUT2D eigenvalue weighted by atomic mass is 16.5. The highest BCUT2D eigenvalue weighted by Gasteiger charge is 2.20. The van der Waals surface area contributed by atoms with Gasteiger partial charge in [-0.05, 0) is 121 Å². The summed E-state index contributed by atoms with van der Waals surface area (Å²) in [6, 6.07) is 48.7. The minimum Gasteiger partial charge on any atom is -0.493 e. The van der Waals surface area contributed by atoms with Crippen LogP contribution in [0.25, 0.3) is 61.2 Å². The van der Waals surface area contributed by atoms with Crippen molar-refractivity contribution in [2.75, 3.05) is 6.61 Å². The standard InChI is InChI=1S/C45H32O/c1-2-3-4-9-40-29-39-10-5-6-15-42(39)43-22-20-38(30-44(40)43)36-14-8-13-35(27-36)34-12-7-11-33(26-34)31-16-18-32(19-17-31)37-21-23-45-41(28-37)24-25-46-45/h1,3-23,26-28,30H,24-25,29H2/b4-3-,40-9+. The maximum atomic E-state index is 5.69. The molecule has 1 aliphatic heterocycles. The van der Waals surface area contributed by atoms with Crippen LogP contribution in [-0.4, -0.2) is 6.61 Å². The molecule has 1 heteroatoms. The zero-order valence-corrected chi connectivity index (χ0v) is 25.5. The Morgan fingerprint density at radius 2 is 1.13 bits per heavy atom. The van der Waals surface area contributed by atoms with E-state index in [4.69, 9.17) is 11.2 Å². The first kappa shape index (κ1) is 27.7. The molecule has 0 saturated carbocycles. The van der Waals surface area contributed by atoms with Crippen LogP contribution in [0, 0.1) is 12.3 Å². The van der Waals surface area contributed by atoms with Gasteiger partial charge in [0.2, 0.25) is 0 Å². The van der Waals surface area contributed by atoms with E-state index in [0.29, 0.717) is 0 Å². The van der Waals surface area contributed by atoms with E-state index in [2.05, 4.69) is 145 Å². The first-order valence-corrected chi connectivity index (χ1v) is 15.9. The summed E-state index contributed by atoms with van der Waals surface area (Å²) in [7, 11) is 0. The predicted octanol–water partition coefficient (Wildman–Crippen LogP) is 11.1. The van der Waals surface area contributed by atoms with Crippen molar-refractivity contribution in [2.24, 2.45) is 0 Å². The fourth-order valence-corrected chi connectivity index (χ4v) is 6.81. The maximum Gasteiger partial charge on any atom is 0.122 e. The van der Waals surface area contributed by atoms with Crippen LogP contribution in [0.4, 0.5) is 0 Å². The lowest BCUT2D eigenvalue weighted by Gasteiger charge is -2.23. The van der Waals surface area contributed by atoms with E-state index in [1.54, 1.807) is 6.08 Å². The minimum absolute atomic E-state index is 0.781. The zero-order valence-electron chi connectivity index (χ0n) is 25.5. The Hall–Kier alpha value is -5.84. The molecular formula is C45H32O. The largest absolute Gasteiger partial charge is 0.493 e. The molecule has 0 bridgehead atoms. The van der Waals surface area contributed by atoms with Crippen molar-refractivity contribution in [2.45, 2.75) is 12.8 Å². The Kier molecular flexibility index (Phi) is 7.18. The fraction of sp³-hybridized carbons (Fsp3) is 0.0667. The summed E-state index contributed by atoms with van der Waals surface area (Å²) >= 11 is 0. The Balaban J connectivity index is 1.10. The number of hydrogen-bond acceptors (Lipinski definition) is 1. The maximum absolute atomic E-state index is 5.69. The van der Waals surface area contributed by atoms with Crippen molar-refractivity contribution in [3.63, 3.8) is 0 Å². The topological polar surface area (TPSA) is 9.23 Å². The van der Waals surface area contributed by atoms with Crippen LogP contribution in [0.2, 0.25) is 0 Å². The quantitative estimate of drug-likeness (QED) is 0.182. The number of rotatable bonds is 5. The van der Waals surface area contributed by atoms with Crippen molar-refractivity contribution in [1.82, 2.24) is 0 Å². The summed E-state index contributed by atoms with van der Waals surface area (Å²) < 4.78 is 5.69. The van der Waals surface area contributed by atoms with Gasteiger partial charge in [0.15, 0.2) is 0 Å². The van der Waals surface area contributed by atoms with E-state index in [0.717, 1.165) is 25.2 Å². The van der Waals surface area contributed by atoms with Crippen LogP contribution < -0.4 is 4.74 Å². The molecule has 1 aliphatic carbocycles. The molecule has 0 unspecified atom stereocenters. The van der Waals surface area contributed by atoms with Crippen molar-refractivity contribution >= 4 is 5.57 Å². The molecule has 1 nitrogen and oxygen atoms in total. The molecule has 8 rings (SSSR count). The lowest BCUT2D eigenvalue weighted by molar-refractivity contribution is 0.357. The van der Waals surface area contributed by atoms with Crippen molar-refractivity contribution in [3.05, 3.63) is 168 Å². The number of fused-ring (bicyclic) bond motifs is 4. The smallest absolute Gasteiger partial charge is 0.122 e. The van der Waals surface area contributed by atoms with Gasteiger partial charge in [0.1, 0.15) is 5.75 Å². The van der Waals surface area contributed by atoms with Gasteiger partial charge in [-0.3, -0.25) is 0 Å². The number of allylic oxidation sites excluding steroid dienone is 4. The summed E-state index contributed by atoms with van der Waals surface area (Å²) in [5, 5.41) is 0. The predicted molar refractivity (Wildman–Crippen MR) is 192 cm³/mol. The third kappa shape index (κ3) is 5.25. The molecule has 0 fully saturated rings. The normalized spacial score (nSPS) is 13.9. The van der Waals surface area contributed by atoms with Gasteiger partial charge in [-0.1, -0.05) is 121 Å². The summed E-state index contributed by atoms with van der Waals surface area (Å²) in [5.41, 5.74) is 17.4. The Bertz CT molecular complexity index is 2200. The number of benzene rings is 6. The van der Waals surface area contributed by atoms with Gasteiger partial charge in [0.25, 0.3) is 0 Å². The molecule has 0 radical (unpaired) electrons. The molecule has 6 aromatic rings. The first-order valence-electron chi connectivity index (χ1n) is 15.9. The molecule has 1 heterocycles. The number of terminal acetylenes is 1. The van der Waals surface area contributed by atoms with E-state index in [1.807, 2.05) is 6.08 Å². The van der Waals surface area contributed by atoms with E-state index in [1.165, 1.54) is 77.9 Å². The van der Waals surface area contributed by atoms with Crippen LogP contribution in [0.3, 0.4) is 0 Å². The molecule has 0 atom stereocenters. The SMILES string of the molecule is C#C/C=C\C=C1/Cc2ccccc2-c2ccc(-c3cccc(-c4cccc(-c5ccc(-c6ccc7c(c6)CCO7)cc5)c4)c3)cc21. The average Bonchev–Trinajstić information content (AvgIpc) is 3.60. The van der Waals surface area contributed by atoms with Gasteiger partial charge in [0, 0.05) is 6.42 Å². The van der Waals surface area contributed by atoms with E-state index in [-0.39, 0.29) is 0 Å². The van der Waals surface area contributed by atoms with Crippen molar-refractivity contribution in [3.8, 4) is 73.7 Å². The van der Waals surface area contributed by atoms with Crippen LogP contribution >= 0.6 is 0 Å². The molecule has 0 spiro atoms. The molecule has 0 N–H and O–H groups in total. The lowest BCUT2D eigenvalue weighted by Crippen LogP contribution is -2.03. The molecule has 0 saturated heterocycles. The third-order valence-corrected chi connectivity index (χ3v) is 9.18. The highest BCUT2D eigenvalue weighted by molar-refractivity contribution is 5.91. The highest BCUT2D eigenvalue weighted by Crippen LogP contribution is 2.41. The van der Waals surface area contributed by atoms with E-state index >= 15 is 0 Å². The van der Waals surface area contributed by atoms with Gasteiger partial charge in [0.05, 0.1) is 6.61 Å². The molecular weight excluding hydrogens is 556 g/mol. The van der Waals surface area contributed by atoms with Crippen molar-refractivity contribution in [1.29, 1.82) is 0 Å². The molecule has 0 aromatic heterocycles. The monoisotopic (exact) mass is 588 g/mol. The first-order chi connectivity index (χ1) is 22.7. The van der Waals surface area contributed by atoms with Crippen molar-refractivity contribution < 1.29 is 4.74 Å². The van der Waals surface area contributed by atoms with Crippen LogP contribution in [0.1, 0.15) is 16.7 Å². The molecule has 0 amide bonds. The fourth-order valence-electron chi connectivity index (χ4n) is 6.81. The summed E-state index contributed by atoms with van der Waals surface area (Å²) in [5.74, 6) is 3.63. The van der Waals surface area contributed by atoms with Gasteiger partial charge < -0.3 is 4.74 Å². The lowest BCUT2D eigenvalue weighted by atomic mass is 9.81. The van der Waals surface area contributed by atoms with Crippen LogP contribution in [-0.2, 0) is 12.8 Å². The second-order valence-corrected chi connectivity index (χ2v) is 12.0. The van der Waals surface area contributed by atoms with Crippen LogP contribution in [0.5, 0.6) is 5.75 Å². The van der Waals surface area contributed by atoms with Gasteiger partial charge in [-0.2, -0.15) is 0 Å². The molecule has 2 aliphatic rings. The molecule has 218 valence electrons. The Morgan fingerprint density at radius 3 is 1.85 bits per heavy atom. The molecule has 6 aromatic carbocycles. The molecule has 46 heavy (non-hydrogen) atoms. The number of hydrogen-bond donors (Lipinski definition) is 0. The van der Waals surface area contributed by atoms with Crippen LogP contribution in [0.15, 0.2) is 152 Å². The summed E-state index contributed by atoms with van der Waals surface area (Å²) in [4.78, 5) is 0. The minimum atomic E-state index is 0.781. The Morgan fingerprint density at radius 1 is 0.522 bits per heavy atom.